The molecule has 0 radical (unpaired) electrons. The van der Waals surface area contributed by atoms with Crippen LogP contribution in [0.15, 0.2) is 12.7 Å². The molecule has 0 rings (SSSR count). The highest BCUT2D eigenvalue weighted by atomic mass is 16.4. The summed E-state index contributed by atoms with van der Waals surface area (Å²) in [5, 5.41) is 9.40. The topological polar surface area (TPSA) is 57.2 Å². The number of ketones is 1. The molecule has 0 aliphatic carbocycles. The van der Waals surface area contributed by atoms with E-state index < -0.39 is 11.8 Å². The number of carbonyl (C=O) groups excluding carboxylic acids is 2. The van der Waals surface area contributed by atoms with Crippen LogP contribution in [0.5, 0.6) is 0 Å². The van der Waals surface area contributed by atoms with Crippen molar-refractivity contribution >= 4 is 11.8 Å². The van der Waals surface area contributed by atoms with Crippen molar-refractivity contribution in [3.05, 3.63) is 12.7 Å². The zero-order valence-corrected chi connectivity index (χ0v) is 3.51. The lowest BCUT2D eigenvalue weighted by molar-refractivity contribution is -0.299. The first-order valence-corrected chi connectivity index (χ1v) is 1.56. The van der Waals surface area contributed by atoms with Gasteiger partial charge in [0.1, 0.15) is 5.97 Å². The molecule has 0 bridgehead atoms. The lowest BCUT2D eigenvalue weighted by atomic mass is 10.4. The summed E-state index contributed by atoms with van der Waals surface area (Å²) in [6.07, 6.45) is 0.690. The van der Waals surface area contributed by atoms with E-state index in [0.717, 1.165) is 0 Å². The first kappa shape index (κ1) is 5.88. The first-order chi connectivity index (χ1) is 3.18. The highest BCUT2D eigenvalue weighted by Crippen LogP contribution is 1.64. The van der Waals surface area contributed by atoms with Crippen LogP contribution in [0.1, 0.15) is 0 Å². The minimum Gasteiger partial charge on any atom is -0.541 e. The minimum atomic E-state index is -1.71. The van der Waals surface area contributed by atoms with Crippen molar-refractivity contribution in [1.29, 1.82) is 0 Å². The molecule has 0 spiro atoms. The molecule has 3 heteroatoms. The molecule has 0 unspecified atom stereocenters. The second kappa shape index (κ2) is 2.12. The molecule has 0 heterocycles. The van der Waals surface area contributed by atoms with E-state index in [2.05, 4.69) is 6.58 Å². The quantitative estimate of drug-likeness (QED) is 0.312. The molecule has 0 saturated carbocycles. The molecule has 0 aromatic carbocycles. The Morgan fingerprint density at radius 2 is 2.00 bits per heavy atom. The Balaban J connectivity index is 3.81. The lowest BCUT2D eigenvalue weighted by Gasteiger charge is -1.88. The number of carbonyl (C=O) groups is 2. The Bertz CT molecular complexity index is 114. The number of hydrogen-bond acceptors (Lipinski definition) is 3. The third-order valence-corrected chi connectivity index (χ3v) is 0.387. The predicted octanol–water partition coefficient (Wildman–Crippen LogP) is -1.51. The van der Waals surface area contributed by atoms with E-state index in [0.29, 0.717) is 6.08 Å². The van der Waals surface area contributed by atoms with E-state index in [1.807, 2.05) is 0 Å². The number of aliphatic carboxylic acids is 1. The van der Waals surface area contributed by atoms with Crippen molar-refractivity contribution in [2.24, 2.45) is 0 Å². The van der Waals surface area contributed by atoms with Gasteiger partial charge in [-0.1, -0.05) is 6.58 Å². The maximum atomic E-state index is 9.73. The van der Waals surface area contributed by atoms with Gasteiger partial charge in [-0.2, -0.15) is 0 Å². The molecular weight excluding hydrogens is 96.0 g/mol. The highest BCUT2D eigenvalue weighted by Gasteiger charge is 1.89. The van der Waals surface area contributed by atoms with Gasteiger partial charge in [0.15, 0.2) is 0 Å². The number of hydrogen-bond donors (Lipinski definition) is 0. The van der Waals surface area contributed by atoms with Crippen molar-refractivity contribution in [2.75, 3.05) is 0 Å². The van der Waals surface area contributed by atoms with E-state index >= 15 is 0 Å². The maximum Gasteiger partial charge on any atom is 0.200 e. The Labute approximate surface area is 40.3 Å². The zero-order chi connectivity index (χ0) is 5.86. The molecule has 0 aliphatic rings. The summed E-state index contributed by atoms with van der Waals surface area (Å²) in [6.45, 7) is 2.91. The Morgan fingerprint density at radius 1 is 1.57 bits per heavy atom. The molecule has 0 N–H and O–H groups in total. The van der Waals surface area contributed by atoms with Gasteiger partial charge in [0, 0.05) is 0 Å². The van der Waals surface area contributed by atoms with Crippen LogP contribution in [0, 0.1) is 0 Å². The van der Waals surface area contributed by atoms with Crippen LogP contribution in [0.3, 0.4) is 0 Å². The van der Waals surface area contributed by atoms with Crippen molar-refractivity contribution in [2.45, 2.75) is 0 Å². The van der Waals surface area contributed by atoms with Gasteiger partial charge in [0.25, 0.3) is 0 Å². The largest absolute Gasteiger partial charge is 0.541 e. The second-order valence-corrected chi connectivity index (χ2v) is 0.856. The van der Waals surface area contributed by atoms with Crippen molar-refractivity contribution < 1.29 is 14.7 Å². The SMILES string of the molecule is C=CC(=O)C(=O)[O-]. The van der Waals surface area contributed by atoms with E-state index in [1.165, 1.54) is 0 Å². The molecule has 7 heavy (non-hydrogen) atoms. The molecule has 0 aliphatic heterocycles. The third-order valence-electron chi connectivity index (χ3n) is 0.387. The summed E-state index contributed by atoms with van der Waals surface area (Å²) in [5.74, 6) is -2.80. The van der Waals surface area contributed by atoms with E-state index in [-0.39, 0.29) is 0 Å². The Kier molecular flexibility index (Phi) is 1.78. The summed E-state index contributed by atoms with van der Waals surface area (Å²) in [4.78, 5) is 19.1. The zero-order valence-electron chi connectivity index (χ0n) is 3.51. The van der Waals surface area contributed by atoms with Gasteiger partial charge in [0.05, 0.1) is 0 Å². The average Bonchev–Trinajstić information content (AvgIpc) is 1.65. The summed E-state index contributed by atoms with van der Waals surface area (Å²) in [5.41, 5.74) is 0. The van der Waals surface area contributed by atoms with Crippen molar-refractivity contribution in [1.82, 2.24) is 0 Å². The van der Waals surface area contributed by atoms with Gasteiger partial charge < -0.3 is 9.90 Å². The van der Waals surface area contributed by atoms with Crippen LogP contribution in [0.4, 0.5) is 0 Å². The maximum absolute atomic E-state index is 9.73. The third kappa shape index (κ3) is 1.70. The molecule has 3 nitrogen and oxygen atoms in total. The summed E-state index contributed by atoms with van der Waals surface area (Å²) >= 11 is 0. The first-order valence-electron chi connectivity index (χ1n) is 1.56. The minimum absolute atomic E-state index is 0.690. The highest BCUT2D eigenvalue weighted by molar-refractivity contribution is 6.36. The number of carboxylic acid groups (broad SMARTS) is 1. The number of carboxylic acids is 1. The van der Waals surface area contributed by atoms with Gasteiger partial charge in [-0.3, -0.25) is 4.79 Å². The molecular formula is C4H3O3-. The fourth-order valence-electron chi connectivity index (χ4n) is 0.0833. The predicted molar refractivity (Wildman–Crippen MR) is 20.2 cm³/mol. The second-order valence-electron chi connectivity index (χ2n) is 0.856. The smallest absolute Gasteiger partial charge is 0.200 e. The molecule has 0 aromatic heterocycles. The van der Waals surface area contributed by atoms with E-state index in [9.17, 15) is 14.7 Å². The van der Waals surface area contributed by atoms with Crippen LogP contribution in [-0.2, 0) is 9.59 Å². The Hall–Kier alpha value is -1.12. The van der Waals surface area contributed by atoms with Crippen LogP contribution >= 0.6 is 0 Å². The fourth-order valence-corrected chi connectivity index (χ4v) is 0.0833. The van der Waals surface area contributed by atoms with Gasteiger partial charge in [-0.05, 0) is 6.08 Å². The molecule has 0 fully saturated rings. The molecule has 0 saturated heterocycles. The molecule has 0 aromatic rings. The van der Waals surface area contributed by atoms with Crippen LogP contribution < -0.4 is 5.11 Å². The fraction of sp³-hybridized carbons (Fsp3) is 0. The monoisotopic (exact) mass is 99.0 g/mol. The molecule has 38 valence electrons. The van der Waals surface area contributed by atoms with Gasteiger partial charge in [-0.15, -0.1) is 0 Å². The van der Waals surface area contributed by atoms with E-state index in [1.54, 1.807) is 0 Å². The average molecular weight is 99.1 g/mol. The lowest BCUT2D eigenvalue weighted by Crippen LogP contribution is -2.29. The molecule has 0 atom stereocenters. The standard InChI is InChI=1S/C4H4O3/c1-2-3(5)4(6)7/h2H,1H2,(H,6,7)/p-1. The normalized spacial score (nSPS) is 7.43. The molecule has 0 amide bonds. The van der Waals surface area contributed by atoms with Crippen LogP contribution in [0.25, 0.3) is 0 Å². The van der Waals surface area contributed by atoms with Crippen molar-refractivity contribution in [3.8, 4) is 0 Å². The van der Waals surface area contributed by atoms with Crippen LogP contribution in [0.2, 0.25) is 0 Å². The number of rotatable bonds is 2. The van der Waals surface area contributed by atoms with Crippen molar-refractivity contribution in [3.63, 3.8) is 0 Å². The van der Waals surface area contributed by atoms with Gasteiger partial charge in [-0.25, -0.2) is 0 Å². The Morgan fingerprint density at radius 3 is 2.00 bits per heavy atom. The summed E-state index contributed by atoms with van der Waals surface area (Å²) in [7, 11) is 0. The van der Waals surface area contributed by atoms with Gasteiger partial charge in [0.2, 0.25) is 5.78 Å². The van der Waals surface area contributed by atoms with Crippen LogP contribution in [-0.4, -0.2) is 11.8 Å². The summed E-state index contributed by atoms with van der Waals surface area (Å²) < 4.78 is 0. The van der Waals surface area contributed by atoms with Gasteiger partial charge >= 0.3 is 0 Å². The van der Waals surface area contributed by atoms with E-state index in [4.69, 9.17) is 0 Å². The summed E-state index contributed by atoms with van der Waals surface area (Å²) in [6, 6.07) is 0.